The molecule has 0 N–H and O–H groups in total. The minimum atomic E-state index is -3.37. The second-order valence-electron chi connectivity index (χ2n) is 2.13. The Morgan fingerprint density at radius 2 is 1.58 bits per heavy atom. The van der Waals surface area contributed by atoms with Crippen molar-refractivity contribution in [1.82, 2.24) is 0 Å². The largest absolute Gasteiger partial charge is 0.516 e. The van der Waals surface area contributed by atoms with Crippen LogP contribution in [0.2, 0.25) is 0 Å². The van der Waals surface area contributed by atoms with E-state index in [2.05, 4.69) is 32.1 Å². The van der Waals surface area contributed by atoms with Crippen LogP contribution in [0.1, 0.15) is 0 Å². The molecule has 0 rings (SSSR count). The van der Waals surface area contributed by atoms with Crippen molar-refractivity contribution in [1.29, 1.82) is 0 Å². The van der Waals surface area contributed by atoms with Crippen molar-refractivity contribution in [2.45, 2.75) is 12.8 Å². The van der Waals surface area contributed by atoms with E-state index < -0.39 is 25.1 Å². The summed E-state index contributed by atoms with van der Waals surface area (Å²) in [4.78, 5) is 20.1. The molecule has 0 spiro atoms. The predicted octanol–water partition coefficient (Wildman–Crippen LogP) is 3.32. The quantitative estimate of drug-likeness (QED) is 0.441. The van der Waals surface area contributed by atoms with E-state index in [9.17, 15) is 22.8 Å². The molecular formula is C9H10ClF3O6. The van der Waals surface area contributed by atoms with Crippen LogP contribution in [0.25, 0.3) is 0 Å². The molecule has 0 aromatic carbocycles. The second-order valence-corrected chi connectivity index (χ2v) is 2.34. The minimum Gasteiger partial charge on any atom is -0.418 e. The van der Waals surface area contributed by atoms with Crippen LogP contribution >= 0.6 is 11.6 Å². The Kier molecular flexibility index (Phi) is 12.8. The fourth-order valence-electron chi connectivity index (χ4n) is 0.386. The van der Waals surface area contributed by atoms with E-state index in [-0.39, 0.29) is 6.07 Å². The highest BCUT2D eigenvalue weighted by atomic mass is 35.5. The van der Waals surface area contributed by atoms with Gasteiger partial charge in [-0.05, 0) is 0 Å². The van der Waals surface area contributed by atoms with Crippen LogP contribution < -0.4 is 0 Å². The lowest BCUT2D eigenvalue weighted by Gasteiger charge is -2.06. The number of carbonyl (C=O) groups excluding carboxylic acids is 2. The first-order valence-corrected chi connectivity index (χ1v) is 4.83. The van der Waals surface area contributed by atoms with Gasteiger partial charge in [0.15, 0.2) is 6.07 Å². The Bertz CT molecular complexity index is 300. The number of carbonyl (C=O) groups is 2. The third-order valence-corrected chi connectivity index (χ3v) is 1.05. The van der Waals surface area contributed by atoms with Gasteiger partial charge in [-0.2, -0.15) is 4.39 Å². The van der Waals surface area contributed by atoms with Crippen LogP contribution in [0.5, 0.6) is 0 Å². The number of ether oxygens (including phenoxy) is 4. The molecule has 0 bridgehead atoms. The summed E-state index contributed by atoms with van der Waals surface area (Å²) in [6.07, 6.45) is -7.10. The maximum Gasteiger partial charge on any atom is 0.516 e. The third kappa shape index (κ3) is 14.0. The van der Waals surface area contributed by atoms with Gasteiger partial charge in [0.2, 0.25) is 0 Å². The standard InChI is InChI=1S/C5H5F3O3.C4H5ClO3/c1-2-10-5(9)11-4(8)3(6)7;1-2-7-4(6)8-3-5/h2-4H,1H2;2H,1,3H2. The smallest absolute Gasteiger partial charge is 0.418 e. The Balaban J connectivity index is 0. The summed E-state index contributed by atoms with van der Waals surface area (Å²) in [6, 6.07) is -0.202. The van der Waals surface area contributed by atoms with Crippen molar-refractivity contribution in [3.8, 4) is 0 Å². The lowest BCUT2D eigenvalue weighted by Crippen LogP contribution is -2.20. The molecule has 0 aromatic rings. The lowest BCUT2D eigenvalue weighted by molar-refractivity contribution is -0.104. The maximum atomic E-state index is 11.8. The van der Waals surface area contributed by atoms with Gasteiger partial charge >= 0.3 is 25.1 Å². The fourth-order valence-corrected chi connectivity index (χ4v) is 0.475. The minimum absolute atomic E-state index is 0.202. The van der Waals surface area contributed by atoms with Crippen LogP contribution in [-0.4, -0.2) is 31.2 Å². The van der Waals surface area contributed by atoms with E-state index in [1.165, 1.54) is 0 Å². The van der Waals surface area contributed by atoms with Gasteiger partial charge in [-0.25, -0.2) is 18.4 Å². The number of alkyl halides is 4. The number of hydrogen-bond donors (Lipinski definition) is 0. The first-order chi connectivity index (χ1) is 8.88. The fraction of sp³-hybridized carbons (Fsp3) is 0.333. The van der Waals surface area contributed by atoms with Crippen LogP contribution in [0.4, 0.5) is 22.8 Å². The lowest BCUT2D eigenvalue weighted by atomic mass is 10.7. The molecule has 110 valence electrons. The molecule has 10 heteroatoms. The molecule has 0 saturated heterocycles. The van der Waals surface area contributed by atoms with Crippen LogP contribution in [0, 0.1) is 0 Å². The molecule has 1 unspecified atom stereocenters. The first-order valence-electron chi connectivity index (χ1n) is 4.29. The average Bonchev–Trinajstić information content (AvgIpc) is 2.30. The molecule has 0 aliphatic rings. The van der Waals surface area contributed by atoms with Gasteiger partial charge < -0.3 is 18.9 Å². The normalized spacial score (nSPS) is 10.4. The summed E-state index contributed by atoms with van der Waals surface area (Å²) < 4.78 is 49.8. The molecule has 0 heterocycles. The van der Waals surface area contributed by atoms with Crippen LogP contribution in [0.15, 0.2) is 25.7 Å². The Morgan fingerprint density at radius 1 is 1.11 bits per heavy atom. The summed E-state index contributed by atoms with van der Waals surface area (Å²) in [5.74, 6) is 0. The monoisotopic (exact) mass is 306 g/mol. The van der Waals surface area contributed by atoms with Crippen LogP contribution in [-0.2, 0) is 18.9 Å². The number of hydrogen-bond acceptors (Lipinski definition) is 6. The van der Waals surface area contributed by atoms with Gasteiger partial charge in [0.1, 0.15) is 0 Å². The van der Waals surface area contributed by atoms with Crippen molar-refractivity contribution in [3.05, 3.63) is 25.7 Å². The Hall–Kier alpha value is -1.90. The van der Waals surface area contributed by atoms with Crippen molar-refractivity contribution >= 4 is 23.9 Å². The van der Waals surface area contributed by atoms with Crippen LogP contribution in [0.3, 0.4) is 0 Å². The summed E-state index contributed by atoms with van der Waals surface area (Å²) in [7, 11) is 0. The molecule has 0 aliphatic heterocycles. The molecule has 0 fully saturated rings. The number of rotatable bonds is 5. The van der Waals surface area contributed by atoms with Gasteiger partial charge in [0, 0.05) is 0 Å². The van der Waals surface area contributed by atoms with E-state index in [1.54, 1.807) is 0 Å². The molecule has 19 heavy (non-hydrogen) atoms. The van der Waals surface area contributed by atoms with E-state index in [1.807, 2.05) is 0 Å². The molecule has 0 aromatic heterocycles. The van der Waals surface area contributed by atoms with E-state index in [4.69, 9.17) is 11.6 Å². The predicted molar refractivity (Wildman–Crippen MR) is 57.1 cm³/mol. The van der Waals surface area contributed by atoms with Crippen molar-refractivity contribution in [2.75, 3.05) is 6.07 Å². The summed E-state index contributed by atoms with van der Waals surface area (Å²) in [5.41, 5.74) is 0. The highest BCUT2D eigenvalue weighted by Gasteiger charge is 2.23. The maximum absolute atomic E-state index is 11.8. The first kappa shape index (κ1) is 19.4. The van der Waals surface area contributed by atoms with E-state index in [0.717, 1.165) is 6.26 Å². The molecular weight excluding hydrogens is 297 g/mol. The van der Waals surface area contributed by atoms with Crippen molar-refractivity contribution in [2.24, 2.45) is 0 Å². The summed E-state index contributed by atoms with van der Waals surface area (Å²) >= 11 is 4.97. The van der Waals surface area contributed by atoms with Gasteiger partial charge in [0.05, 0.1) is 12.5 Å². The molecule has 6 nitrogen and oxygen atoms in total. The SMILES string of the molecule is C=COC(=O)OC(F)C(F)F.C=COC(=O)OCCl. The zero-order valence-electron chi connectivity index (χ0n) is 9.39. The highest BCUT2D eigenvalue weighted by Crippen LogP contribution is 2.07. The van der Waals surface area contributed by atoms with E-state index in [0.29, 0.717) is 6.26 Å². The highest BCUT2D eigenvalue weighted by molar-refractivity contribution is 6.17. The second kappa shape index (κ2) is 12.6. The summed E-state index contributed by atoms with van der Waals surface area (Å²) in [6.45, 7) is 6.04. The topological polar surface area (TPSA) is 71.1 Å². The molecule has 1 atom stereocenters. The Labute approximate surface area is 111 Å². The molecule has 0 amide bonds. The Morgan fingerprint density at radius 3 is 1.95 bits per heavy atom. The van der Waals surface area contributed by atoms with Gasteiger partial charge in [0.25, 0.3) is 0 Å². The van der Waals surface area contributed by atoms with Crippen molar-refractivity contribution in [3.63, 3.8) is 0 Å². The van der Waals surface area contributed by atoms with E-state index >= 15 is 0 Å². The zero-order chi connectivity index (χ0) is 15.3. The third-order valence-electron chi connectivity index (χ3n) is 0.938. The molecule has 0 saturated carbocycles. The zero-order valence-corrected chi connectivity index (χ0v) is 10.1. The van der Waals surface area contributed by atoms with Crippen molar-refractivity contribution < 1.29 is 41.7 Å². The average molecular weight is 307 g/mol. The summed E-state index contributed by atoms with van der Waals surface area (Å²) in [5, 5.41) is 0. The van der Waals surface area contributed by atoms with Gasteiger partial charge in [-0.15, -0.1) is 0 Å². The molecule has 0 aliphatic carbocycles. The molecule has 0 radical (unpaired) electrons. The van der Waals surface area contributed by atoms with Gasteiger partial charge in [-0.3, -0.25) is 0 Å². The van der Waals surface area contributed by atoms with Gasteiger partial charge in [-0.1, -0.05) is 24.8 Å². The number of halogens is 4.